The van der Waals surface area contributed by atoms with E-state index in [0.29, 0.717) is 13.1 Å². The second kappa shape index (κ2) is 6.60. The molecule has 0 heterocycles. The van der Waals surface area contributed by atoms with Gasteiger partial charge in [0.15, 0.2) is 0 Å². The summed E-state index contributed by atoms with van der Waals surface area (Å²) in [7, 11) is 0. The van der Waals surface area contributed by atoms with Crippen LogP contribution in [0.25, 0.3) is 10.8 Å². The summed E-state index contributed by atoms with van der Waals surface area (Å²) in [5, 5.41) is 8.43. The van der Waals surface area contributed by atoms with Crippen molar-refractivity contribution in [1.82, 2.24) is 10.6 Å². The van der Waals surface area contributed by atoms with E-state index in [9.17, 15) is 4.79 Å². The van der Waals surface area contributed by atoms with Gasteiger partial charge in [0.25, 0.3) is 0 Å². The number of fused-ring (bicyclic) bond motifs is 1. The number of rotatable bonds is 5. The third-order valence-electron chi connectivity index (χ3n) is 5.15. The normalized spacial score (nSPS) is 14.9. The van der Waals surface area contributed by atoms with Gasteiger partial charge in [-0.05, 0) is 34.7 Å². The largest absolute Gasteiger partial charge is 0.337 e. The average molecular weight is 330 g/mol. The molecule has 25 heavy (non-hydrogen) atoms. The van der Waals surface area contributed by atoms with Crippen molar-refractivity contribution >= 4 is 16.8 Å². The summed E-state index contributed by atoms with van der Waals surface area (Å²) in [6, 6.07) is 24.8. The molecule has 0 atom stereocenters. The van der Waals surface area contributed by atoms with E-state index in [2.05, 4.69) is 59.2 Å². The van der Waals surface area contributed by atoms with Crippen LogP contribution in [-0.4, -0.2) is 12.6 Å². The highest BCUT2D eigenvalue weighted by molar-refractivity contribution is 5.86. The number of hydrogen-bond donors (Lipinski definition) is 2. The first-order chi connectivity index (χ1) is 12.3. The zero-order valence-corrected chi connectivity index (χ0v) is 14.2. The van der Waals surface area contributed by atoms with Crippen molar-refractivity contribution in [2.45, 2.75) is 24.8 Å². The van der Waals surface area contributed by atoms with Gasteiger partial charge in [-0.1, -0.05) is 72.8 Å². The Balaban J connectivity index is 1.35. The second-order valence-electron chi connectivity index (χ2n) is 6.82. The van der Waals surface area contributed by atoms with Gasteiger partial charge in [-0.3, -0.25) is 0 Å². The average Bonchev–Trinajstić information content (AvgIpc) is 3.47. The fourth-order valence-electron chi connectivity index (χ4n) is 3.44. The maximum atomic E-state index is 12.2. The van der Waals surface area contributed by atoms with Gasteiger partial charge in [0.05, 0.1) is 0 Å². The molecule has 0 radical (unpaired) electrons. The van der Waals surface area contributed by atoms with Crippen molar-refractivity contribution in [3.05, 3.63) is 83.9 Å². The lowest BCUT2D eigenvalue weighted by Gasteiger charge is -2.17. The maximum Gasteiger partial charge on any atom is 0.315 e. The molecule has 0 aliphatic heterocycles. The van der Waals surface area contributed by atoms with E-state index in [1.54, 1.807) is 0 Å². The molecule has 3 aromatic rings. The smallest absolute Gasteiger partial charge is 0.315 e. The Morgan fingerprint density at radius 1 is 0.840 bits per heavy atom. The van der Waals surface area contributed by atoms with Crippen molar-refractivity contribution < 1.29 is 4.79 Å². The SMILES string of the molecule is O=C(NCc1cccc2ccccc12)NCC1(c2ccccc2)CC1. The monoisotopic (exact) mass is 330 g/mol. The molecular weight excluding hydrogens is 308 g/mol. The van der Waals surface area contributed by atoms with Crippen LogP contribution >= 0.6 is 0 Å². The zero-order valence-electron chi connectivity index (χ0n) is 14.2. The Morgan fingerprint density at radius 3 is 2.36 bits per heavy atom. The number of urea groups is 1. The molecule has 2 N–H and O–H groups in total. The molecule has 2 amide bonds. The van der Waals surface area contributed by atoms with Crippen molar-refractivity contribution in [3.8, 4) is 0 Å². The van der Waals surface area contributed by atoms with Crippen LogP contribution in [0.5, 0.6) is 0 Å². The van der Waals surface area contributed by atoms with Gasteiger partial charge in [-0.25, -0.2) is 4.79 Å². The minimum atomic E-state index is -0.102. The number of nitrogens with one attached hydrogen (secondary N) is 2. The molecule has 3 aromatic carbocycles. The molecule has 4 rings (SSSR count). The highest BCUT2D eigenvalue weighted by atomic mass is 16.2. The zero-order chi connectivity index (χ0) is 17.1. The molecule has 3 heteroatoms. The van der Waals surface area contributed by atoms with Crippen molar-refractivity contribution in [2.75, 3.05) is 6.54 Å². The highest BCUT2D eigenvalue weighted by Gasteiger charge is 2.44. The van der Waals surface area contributed by atoms with E-state index in [1.807, 2.05) is 24.3 Å². The number of carbonyl (C=O) groups is 1. The third kappa shape index (κ3) is 3.36. The van der Waals surface area contributed by atoms with Crippen LogP contribution in [-0.2, 0) is 12.0 Å². The highest BCUT2D eigenvalue weighted by Crippen LogP contribution is 2.47. The lowest BCUT2D eigenvalue weighted by atomic mass is 9.96. The van der Waals surface area contributed by atoms with Crippen LogP contribution < -0.4 is 10.6 Å². The first kappa shape index (κ1) is 15.7. The van der Waals surface area contributed by atoms with E-state index in [1.165, 1.54) is 16.3 Å². The summed E-state index contributed by atoms with van der Waals surface area (Å²) in [5.41, 5.74) is 2.60. The Bertz CT molecular complexity index is 879. The van der Waals surface area contributed by atoms with Crippen LogP contribution in [0.2, 0.25) is 0 Å². The van der Waals surface area contributed by atoms with Crippen LogP contribution in [0.15, 0.2) is 72.8 Å². The molecule has 0 spiro atoms. The molecule has 1 saturated carbocycles. The molecule has 0 aromatic heterocycles. The van der Waals surface area contributed by atoms with Gasteiger partial charge < -0.3 is 10.6 Å². The number of carbonyl (C=O) groups excluding carboxylic acids is 1. The van der Waals surface area contributed by atoms with Gasteiger partial charge in [0.2, 0.25) is 0 Å². The van der Waals surface area contributed by atoms with E-state index in [4.69, 9.17) is 0 Å². The molecule has 1 aliphatic rings. The fourth-order valence-corrected chi connectivity index (χ4v) is 3.44. The second-order valence-corrected chi connectivity index (χ2v) is 6.82. The molecule has 0 unspecified atom stereocenters. The van der Waals surface area contributed by atoms with Crippen molar-refractivity contribution in [1.29, 1.82) is 0 Å². The topological polar surface area (TPSA) is 41.1 Å². The van der Waals surface area contributed by atoms with Gasteiger partial charge in [0, 0.05) is 18.5 Å². The standard InChI is InChI=1S/C22H22N2O/c25-21(24-16-22(13-14-22)19-10-2-1-3-11-19)23-15-18-9-6-8-17-7-4-5-12-20(17)18/h1-12H,13-16H2,(H2,23,24,25). The van der Waals surface area contributed by atoms with Crippen molar-refractivity contribution in [3.63, 3.8) is 0 Å². The molecule has 0 saturated heterocycles. The third-order valence-corrected chi connectivity index (χ3v) is 5.15. The Morgan fingerprint density at radius 2 is 1.56 bits per heavy atom. The quantitative estimate of drug-likeness (QED) is 0.716. The van der Waals surface area contributed by atoms with Crippen LogP contribution in [0.1, 0.15) is 24.0 Å². The number of amides is 2. The number of benzene rings is 3. The molecule has 126 valence electrons. The Kier molecular flexibility index (Phi) is 4.14. The lowest BCUT2D eigenvalue weighted by Crippen LogP contribution is -2.39. The molecule has 0 bridgehead atoms. The summed E-state index contributed by atoms with van der Waals surface area (Å²) in [4.78, 5) is 12.2. The summed E-state index contributed by atoms with van der Waals surface area (Å²) >= 11 is 0. The van der Waals surface area contributed by atoms with Crippen molar-refractivity contribution in [2.24, 2.45) is 0 Å². The predicted octanol–water partition coefficient (Wildman–Crippen LogP) is 4.37. The van der Waals surface area contributed by atoms with E-state index in [-0.39, 0.29) is 11.4 Å². The number of hydrogen-bond acceptors (Lipinski definition) is 1. The van der Waals surface area contributed by atoms with Crippen LogP contribution in [0.3, 0.4) is 0 Å². The minimum Gasteiger partial charge on any atom is -0.337 e. The maximum absolute atomic E-state index is 12.2. The molecule has 1 aliphatic carbocycles. The fraction of sp³-hybridized carbons (Fsp3) is 0.227. The first-order valence-corrected chi connectivity index (χ1v) is 8.81. The Labute approximate surface area is 148 Å². The summed E-state index contributed by atoms with van der Waals surface area (Å²) in [6.07, 6.45) is 2.28. The van der Waals surface area contributed by atoms with Crippen LogP contribution in [0, 0.1) is 0 Å². The van der Waals surface area contributed by atoms with E-state index >= 15 is 0 Å². The summed E-state index contributed by atoms with van der Waals surface area (Å²) in [6.45, 7) is 1.23. The van der Waals surface area contributed by atoms with Gasteiger partial charge >= 0.3 is 6.03 Å². The van der Waals surface area contributed by atoms with Crippen LogP contribution in [0.4, 0.5) is 4.79 Å². The minimum absolute atomic E-state index is 0.102. The van der Waals surface area contributed by atoms with Gasteiger partial charge in [0.1, 0.15) is 0 Å². The summed E-state index contributed by atoms with van der Waals surface area (Å²) < 4.78 is 0. The van der Waals surface area contributed by atoms with E-state index < -0.39 is 0 Å². The van der Waals surface area contributed by atoms with Gasteiger partial charge in [-0.15, -0.1) is 0 Å². The molecule has 1 fully saturated rings. The lowest BCUT2D eigenvalue weighted by molar-refractivity contribution is 0.239. The molecular formula is C22H22N2O. The first-order valence-electron chi connectivity index (χ1n) is 8.81. The van der Waals surface area contributed by atoms with Gasteiger partial charge in [-0.2, -0.15) is 0 Å². The van der Waals surface area contributed by atoms with E-state index in [0.717, 1.165) is 18.4 Å². The predicted molar refractivity (Wildman–Crippen MR) is 102 cm³/mol. The summed E-state index contributed by atoms with van der Waals surface area (Å²) in [5.74, 6) is 0. The molecule has 3 nitrogen and oxygen atoms in total. The Hall–Kier alpha value is -2.81.